The fraction of sp³-hybridized carbons (Fsp3) is 0.368. The van der Waals surface area contributed by atoms with E-state index in [1.165, 1.54) is 31.2 Å². The van der Waals surface area contributed by atoms with E-state index in [0.717, 1.165) is 6.07 Å². The first-order chi connectivity index (χ1) is 12.5. The number of benzene rings is 1. The number of carboxylic acid groups (broad SMARTS) is 2. The Morgan fingerprint density at radius 3 is 2.37 bits per heavy atom. The lowest BCUT2D eigenvalue weighted by Gasteiger charge is -2.31. The number of aliphatic hydroxyl groups is 1. The molecule has 0 bridgehead atoms. The molecule has 0 spiro atoms. The van der Waals surface area contributed by atoms with E-state index in [1.54, 1.807) is 0 Å². The smallest absolute Gasteiger partial charge is 0.416 e. The second-order valence-corrected chi connectivity index (χ2v) is 6.59. The summed E-state index contributed by atoms with van der Waals surface area (Å²) in [5.41, 5.74) is -2.50. The van der Waals surface area contributed by atoms with Gasteiger partial charge in [-0.1, -0.05) is 24.3 Å². The number of hydrogen-bond acceptors (Lipinski definition) is 3. The molecule has 1 unspecified atom stereocenters. The third-order valence-corrected chi connectivity index (χ3v) is 4.67. The van der Waals surface area contributed by atoms with Crippen LogP contribution in [0.25, 0.3) is 5.57 Å². The molecule has 1 aliphatic rings. The van der Waals surface area contributed by atoms with E-state index in [4.69, 9.17) is 10.2 Å². The zero-order valence-corrected chi connectivity index (χ0v) is 14.5. The number of carbonyl (C=O) groups is 2. The fourth-order valence-electron chi connectivity index (χ4n) is 3.15. The quantitative estimate of drug-likeness (QED) is 0.698. The molecule has 0 aromatic heterocycles. The standard InChI is InChI=1S/C19H19F3O5/c1-18(17(26)27)10-13(16(24)25)6-7-14(18)12-5-4-11(3-2-8-23)15(9-12)19(20,21)22/h4-7,9,23H,2-3,8,10H2,1H3,(H,24,25)(H,26,27). The highest BCUT2D eigenvalue weighted by Gasteiger charge is 2.42. The van der Waals surface area contributed by atoms with Crippen molar-refractivity contribution in [2.75, 3.05) is 6.61 Å². The van der Waals surface area contributed by atoms with E-state index in [1.807, 2.05) is 0 Å². The van der Waals surface area contributed by atoms with Crippen LogP contribution in [-0.2, 0) is 22.2 Å². The summed E-state index contributed by atoms with van der Waals surface area (Å²) < 4.78 is 40.4. The van der Waals surface area contributed by atoms with Gasteiger partial charge in [-0.05, 0) is 49.0 Å². The summed E-state index contributed by atoms with van der Waals surface area (Å²) in [6.45, 7) is 1.05. The molecule has 146 valence electrons. The molecule has 0 amide bonds. The number of aryl methyl sites for hydroxylation is 1. The van der Waals surface area contributed by atoms with E-state index >= 15 is 0 Å². The zero-order chi connectivity index (χ0) is 20.4. The monoisotopic (exact) mass is 384 g/mol. The highest BCUT2D eigenvalue weighted by atomic mass is 19.4. The summed E-state index contributed by atoms with van der Waals surface area (Å²) in [7, 11) is 0. The number of halogens is 3. The maximum absolute atomic E-state index is 13.5. The van der Waals surface area contributed by atoms with Crippen LogP contribution in [0, 0.1) is 5.41 Å². The van der Waals surface area contributed by atoms with Gasteiger partial charge in [0.1, 0.15) is 0 Å². The number of alkyl halides is 3. The van der Waals surface area contributed by atoms with Crippen LogP contribution in [-0.4, -0.2) is 33.9 Å². The molecule has 5 nitrogen and oxygen atoms in total. The Kier molecular flexibility index (Phi) is 5.79. The Labute approximate surface area is 153 Å². The number of rotatable bonds is 6. The number of aliphatic carboxylic acids is 2. The van der Waals surface area contributed by atoms with Crippen molar-refractivity contribution < 1.29 is 38.1 Å². The molecule has 0 aliphatic heterocycles. The lowest BCUT2D eigenvalue weighted by atomic mass is 9.71. The van der Waals surface area contributed by atoms with Crippen molar-refractivity contribution >= 4 is 17.5 Å². The van der Waals surface area contributed by atoms with E-state index in [-0.39, 0.29) is 48.1 Å². The van der Waals surface area contributed by atoms with Gasteiger partial charge in [-0.25, -0.2) is 4.79 Å². The first-order valence-corrected chi connectivity index (χ1v) is 8.20. The molecule has 1 aromatic rings. The predicted molar refractivity (Wildman–Crippen MR) is 90.9 cm³/mol. The summed E-state index contributed by atoms with van der Waals surface area (Å²) in [5, 5.41) is 27.6. The van der Waals surface area contributed by atoms with Crippen LogP contribution in [0.5, 0.6) is 0 Å². The average Bonchev–Trinajstić information content (AvgIpc) is 2.58. The molecular formula is C19H19F3O5. The molecule has 0 saturated heterocycles. The van der Waals surface area contributed by atoms with Crippen molar-refractivity contribution in [3.05, 3.63) is 52.6 Å². The maximum atomic E-state index is 13.5. The SMILES string of the molecule is CC1(C(=O)O)CC(C(=O)O)=CC=C1c1ccc(CCCO)c(C(F)(F)F)c1. The molecule has 0 radical (unpaired) electrons. The van der Waals surface area contributed by atoms with Crippen LogP contribution in [0.15, 0.2) is 35.9 Å². The molecule has 8 heteroatoms. The highest BCUT2D eigenvalue weighted by Crippen LogP contribution is 2.45. The Hall–Kier alpha value is -2.61. The van der Waals surface area contributed by atoms with Crippen molar-refractivity contribution in [2.45, 2.75) is 32.4 Å². The second-order valence-electron chi connectivity index (χ2n) is 6.59. The molecule has 1 atom stereocenters. The van der Waals surface area contributed by atoms with Gasteiger partial charge < -0.3 is 15.3 Å². The van der Waals surface area contributed by atoms with Gasteiger partial charge in [0.25, 0.3) is 0 Å². The highest BCUT2D eigenvalue weighted by molar-refractivity contribution is 5.98. The van der Waals surface area contributed by atoms with Gasteiger partial charge in [-0.2, -0.15) is 13.2 Å². The van der Waals surface area contributed by atoms with Crippen LogP contribution < -0.4 is 0 Å². The van der Waals surface area contributed by atoms with Gasteiger partial charge in [0.2, 0.25) is 0 Å². The summed E-state index contributed by atoms with van der Waals surface area (Å²) in [6, 6.07) is 3.56. The van der Waals surface area contributed by atoms with Crippen molar-refractivity contribution in [1.29, 1.82) is 0 Å². The van der Waals surface area contributed by atoms with E-state index in [9.17, 15) is 27.9 Å². The summed E-state index contributed by atoms with van der Waals surface area (Å²) in [6.07, 6.45) is -2.30. The third kappa shape index (κ3) is 4.21. The number of allylic oxidation sites excluding steroid dienone is 2. The largest absolute Gasteiger partial charge is 0.481 e. The zero-order valence-electron chi connectivity index (χ0n) is 14.5. The van der Waals surface area contributed by atoms with Crippen molar-refractivity contribution in [3.63, 3.8) is 0 Å². The van der Waals surface area contributed by atoms with Gasteiger partial charge in [-0.3, -0.25) is 4.79 Å². The van der Waals surface area contributed by atoms with Crippen LogP contribution in [0.4, 0.5) is 13.2 Å². The Balaban J connectivity index is 2.61. The van der Waals surface area contributed by atoms with Gasteiger partial charge in [-0.15, -0.1) is 0 Å². The molecule has 0 saturated carbocycles. The second kappa shape index (κ2) is 7.56. The first-order valence-electron chi connectivity index (χ1n) is 8.20. The van der Waals surface area contributed by atoms with E-state index < -0.39 is 29.1 Å². The summed E-state index contributed by atoms with van der Waals surface area (Å²) >= 11 is 0. The van der Waals surface area contributed by atoms with Gasteiger partial charge in [0.05, 0.1) is 11.0 Å². The molecule has 2 rings (SSSR count). The number of carboxylic acids is 2. The summed E-state index contributed by atoms with van der Waals surface area (Å²) in [4.78, 5) is 23.0. The van der Waals surface area contributed by atoms with Crippen molar-refractivity contribution in [3.8, 4) is 0 Å². The normalized spacial score (nSPS) is 20.0. The Bertz CT molecular complexity index is 823. The lowest BCUT2D eigenvalue weighted by molar-refractivity contribution is -0.144. The minimum Gasteiger partial charge on any atom is -0.481 e. The molecule has 1 aliphatic carbocycles. The van der Waals surface area contributed by atoms with Crippen LogP contribution in [0.2, 0.25) is 0 Å². The van der Waals surface area contributed by atoms with Gasteiger partial charge in [0.15, 0.2) is 0 Å². The van der Waals surface area contributed by atoms with Gasteiger partial charge in [0, 0.05) is 12.2 Å². The fourth-order valence-corrected chi connectivity index (χ4v) is 3.15. The lowest BCUT2D eigenvalue weighted by Crippen LogP contribution is -2.32. The molecule has 27 heavy (non-hydrogen) atoms. The topological polar surface area (TPSA) is 94.8 Å². The minimum atomic E-state index is -4.64. The first kappa shape index (κ1) is 20.7. The Morgan fingerprint density at radius 1 is 1.19 bits per heavy atom. The molecule has 3 N–H and O–H groups in total. The van der Waals surface area contributed by atoms with Crippen LogP contribution in [0.1, 0.15) is 36.5 Å². The number of hydrogen-bond donors (Lipinski definition) is 3. The van der Waals surface area contributed by atoms with E-state index in [2.05, 4.69) is 0 Å². The molecule has 0 fully saturated rings. The molecule has 1 aromatic carbocycles. The third-order valence-electron chi connectivity index (χ3n) is 4.67. The maximum Gasteiger partial charge on any atom is 0.416 e. The predicted octanol–water partition coefficient (Wildman–Crippen LogP) is 3.52. The van der Waals surface area contributed by atoms with Crippen LogP contribution >= 0.6 is 0 Å². The molecule has 0 heterocycles. The molecular weight excluding hydrogens is 365 g/mol. The Morgan fingerprint density at radius 2 is 1.85 bits per heavy atom. The average molecular weight is 384 g/mol. The summed E-state index contributed by atoms with van der Waals surface area (Å²) in [5.74, 6) is -2.59. The van der Waals surface area contributed by atoms with Crippen molar-refractivity contribution in [1.82, 2.24) is 0 Å². The van der Waals surface area contributed by atoms with Crippen molar-refractivity contribution in [2.24, 2.45) is 5.41 Å². The minimum absolute atomic E-state index is 0.00973. The van der Waals surface area contributed by atoms with Crippen LogP contribution in [0.3, 0.4) is 0 Å². The van der Waals surface area contributed by atoms with Gasteiger partial charge >= 0.3 is 18.1 Å². The van der Waals surface area contributed by atoms with E-state index in [0.29, 0.717) is 0 Å². The number of aliphatic hydroxyl groups excluding tert-OH is 1.